The zero-order valence-corrected chi connectivity index (χ0v) is 13.0. The fraction of sp³-hybridized carbons (Fsp3) is 0.105. The van der Waals surface area contributed by atoms with Crippen LogP contribution in [0.25, 0.3) is 5.69 Å². The summed E-state index contributed by atoms with van der Waals surface area (Å²) >= 11 is 0. The molecule has 3 aromatic rings. The van der Waals surface area contributed by atoms with Crippen LogP contribution < -0.4 is 4.74 Å². The SMILES string of the molecule is COc1ccc(-n2cccc2C=Nc2ccc(F)c(C)c2)cc1. The molecule has 3 nitrogen and oxygen atoms in total. The molecular formula is C19H17FN2O. The van der Waals surface area contributed by atoms with Crippen LogP contribution in [0.5, 0.6) is 5.75 Å². The molecule has 3 rings (SSSR count). The van der Waals surface area contributed by atoms with Crippen molar-refractivity contribution in [3.8, 4) is 11.4 Å². The van der Waals surface area contributed by atoms with E-state index < -0.39 is 0 Å². The Balaban J connectivity index is 1.88. The lowest BCUT2D eigenvalue weighted by Gasteiger charge is -2.07. The Labute approximate surface area is 134 Å². The molecule has 0 aliphatic rings. The van der Waals surface area contributed by atoms with Gasteiger partial charge < -0.3 is 9.30 Å². The first-order chi connectivity index (χ1) is 11.2. The Morgan fingerprint density at radius 2 is 1.87 bits per heavy atom. The van der Waals surface area contributed by atoms with Gasteiger partial charge in [0.2, 0.25) is 0 Å². The number of benzene rings is 2. The van der Waals surface area contributed by atoms with E-state index in [0.717, 1.165) is 22.8 Å². The van der Waals surface area contributed by atoms with E-state index in [9.17, 15) is 4.39 Å². The van der Waals surface area contributed by atoms with Crippen molar-refractivity contribution in [2.45, 2.75) is 6.92 Å². The molecule has 23 heavy (non-hydrogen) atoms. The quantitative estimate of drug-likeness (QED) is 0.643. The fourth-order valence-corrected chi connectivity index (χ4v) is 2.33. The lowest BCUT2D eigenvalue weighted by molar-refractivity contribution is 0.415. The summed E-state index contributed by atoms with van der Waals surface area (Å²) in [5.74, 6) is 0.600. The molecule has 0 bridgehead atoms. The highest BCUT2D eigenvalue weighted by molar-refractivity contribution is 5.81. The van der Waals surface area contributed by atoms with E-state index in [1.54, 1.807) is 32.4 Å². The molecule has 116 valence electrons. The summed E-state index contributed by atoms with van der Waals surface area (Å²) in [5, 5.41) is 0. The van der Waals surface area contributed by atoms with Gasteiger partial charge in [-0.2, -0.15) is 0 Å². The molecule has 2 aromatic carbocycles. The second-order valence-electron chi connectivity index (χ2n) is 5.19. The van der Waals surface area contributed by atoms with Gasteiger partial charge in [0.05, 0.1) is 24.7 Å². The molecule has 4 heteroatoms. The van der Waals surface area contributed by atoms with E-state index in [4.69, 9.17) is 4.74 Å². The van der Waals surface area contributed by atoms with Crippen LogP contribution in [0.3, 0.4) is 0 Å². The Kier molecular flexibility index (Phi) is 4.24. The molecule has 0 atom stereocenters. The zero-order chi connectivity index (χ0) is 16.2. The number of rotatable bonds is 4. The summed E-state index contributed by atoms with van der Waals surface area (Å²) in [5.41, 5.74) is 3.28. The molecule has 0 fully saturated rings. The average molecular weight is 308 g/mol. The first-order valence-corrected chi connectivity index (χ1v) is 7.29. The number of aliphatic imine (C=N–C) groups is 1. The van der Waals surface area contributed by atoms with E-state index in [2.05, 4.69) is 4.99 Å². The van der Waals surface area contributed by atoms with E-state index in [1.165, 1.54) is 6.07 Å². The summed E-state index contributed by atoms with van der Waals surface area (Å²) in [6, 6.07) is 16.6. The number of aromatic nitrogens is 1. The van der Waals surface area contributed by atoms with Gasteiger partial charge >= 0.3 is 0 Å². The number of hydrogen-bond acceptors (Lipinski definition) is 2. The fourth-order valence-electron chi connectivity index (χ4n) is 2.33. The summed E-state index contributed by atoms with van der Waals surface area (Å²) in [6.07, 6.45) is 3.75. The molecule has 0 aliphatic carbocycles. The van der Waals surface area contributed by atoms with Crippen molar-refractivity contribution in [3.63, 3.8) is 0 Å². The number of ether oxygens (including phenoxy) is 1. The van der Waals surface area contributed by atoms with Crippen molar-refractivity contribution in [1.82, 2.24) is 4.57 Å². The van der Waals surface area contributed by atoms with Gasteiger partial charge in [-0.25, -0.2) is 4.39 Å². The van der Waals surface area contributed by atoms with E-state index in [1.807, 2.05) is 47.2 Å². The zero-order valence-electron chi connectivity index (χ0n) is 13.0. The summed E-state index contributed by atoms with van der Waals surface area (Å²) in [7, 11) is 1.65. The molecule has 0 saturated carbocycles. The predicted molar refractivity (Wildman–Crippen MR) is 90.7 cm³/mol. The highest BCUT2D eigenvalue weighted by Gasteiger charge is 2.02. The smallest absolute Gasteiger partial charge is 0.126 e. The molecule has 0 radical (unpaired) electrons. The van der Waals surface area contributed by atoms with E-state index >= 15 is 0 Å². The van der Waals surface area contributed by atoms with Crippen LogP contribution in [-0.2, 0) is 0 Å². The van der Waals surface area contributed by atoms with Crippen LogP contribution >= 0.6 is 0 Å². The Hall–Kier alpha value is -2.88. The first-order valence-electron chi connectivity index (χ1n) is 7.29. The van der Waals surface area contributed by atoms with E-state index in [-0.39, 0.29) is 5.82 Å². The van der Waals surface area contributed by atoms with Crippen molar-refractivity contribution in [3.05, 3.63) is 77.9 Å². The van der Waals surface area contributed by atoms with Gasteiger partial charge in [-0.3, -0.25) is 4.99 Å². The lowest BCUT2D eigenvalue weighted by atomic mass is 10.2. The van der Waals surface area contributed by atoms with Crippen molar-refractivity contribution >= 4 is 11.9 Å². The third-order valence-corrected chi connectivity index (χ3v) is 3.62. The summed E-state index contributed by atoms with van der Waals surface area (Å²) in [6.45, 7) is 1.73. The predicted octanol–water partition coefficient (Wildman–Crippen LogP) is 4.68. The second kappa shape index (κ2) is 6.48. The molecule has 0 unspecified atom stereocenters. The summed E-state index contributed by atoms with van der Waals surface area (Å²) < 4.78 is 20.5. The molecule has 1 aromatic heterocycles. The van der Waals surface area contributed by atoms with Crippen LogP contribution in [0.1, 0.15) is 11.3 Å². The van der Waals surface area contributed by atoms with Gasteiger partial charge in [-0.05, 0) is 67.1 Å². The van der Waals surface area contributed by atoms with Gasteiger partial charge in [0.1, 0.15) is 11.6 Å². The molecule has 0 spiro atoms. The number of hydrogen-bond donors (Lipinski definition) is 0. The molecule has 0 saturated heterocycles. The van der Waals surface area contributed by atoms with Crippen molar-refractivity contribution in [2.24, 2.45) is 4.99 Å². The normalized spacial score (nSPS) is 11.1. The Bertz CT molecular complexity index is 835. The minimum Gasteiger partial charge on any atom is -0.497 e. The maximum Gasteiger partial charge on any atom is 0.126 e. The number of nitrogens with zero attached hydrogens (tertiary/aromatic N) is 2. The highest BCUT2D eigenvalue weighted by atomic mass is 19.1. The first kappa shape index (κ1) is 15.0. The standard InChI is InChI=1S/C19H17FN2O/c1-14-12-15(5-10-19(14)20)21-13-17-4-3-11-22(17)16-6-8-18(23-2)9-7-16/h3-13H,1-2H3. The number of halogens is 1. The summed E-state index contributed by atoms with van der Waals surface area (Å²) in [4.78, 5) is 4.43. The molecular weight excluding hydrogens is 291 g/mol. The molecule has 0 N–H and O–H groups in total. The largest absolute Gasteiger partial charge is 0.497 e. The molecule has 0 aliphatic heterocycles. The second-order valence-corrected chi connectivity index (χ2v) is 5.19. The minimum absolute atomic E-state index is 0.217. The van der Waals surface area contributed by atoms with Crippen molar-refractivity contribution in [2.75, 3.05) is 7.11 Å². The van der Waals surface area contributed by atoms with Crippen LogP contribution in [-0.4, -0.2) is 17.9 Å². The van der Waals surface area contributed by atoms with Gasteiger partial charge in [-0.15, -0.1) is 0 Å². The van der Waals surface area contributed by atoms with Crippen LogP contribution in [0.2, 0.25) is 0 Å². The number of methoxy groups -OCH3 is 1. The van der Waals surface area contributed by atoms with Gasteiger partial charge in [0, 0.05) is 11.9 Å². The van der Waals surface area contributed by atoms with Crippen LogP contribution in [0.4, 0.5) is 10.1 Å². The van der Waals surface area contributed by atoms with Gasteiger partial charge in [0.15, 0.2) is 0 Å². The molecule has 0 amide bonds. The monoisotopic (exact) mass is 308 g/mol. The third-order valence-electron chi connectivity index (χ3n) is 3.62. The Morgan fingerprint density at radius 1 is 1.09 bits per heavy atom. The maximum absolute atomic E-state index is 13.3. The average Bonchev–Trinajstić information content (AvgIpc) is 3.04. The van der Waals surface area contributed by atoms with Crippen LogP contribution in [0, 0.1) is 12.7 Å². The maximum atomic E-state index is 13.3. The Morgan fingerprint density at radius 3 is 2.57 bits per heavy atom. The van der Waals surface area contributed by atoms with Gasteiger partial charge in [-0.1, -0.05) is 0 Å². The topological polar surface area (TPSA) is 26.5 Å². The van der Waals surface area contributed by atoms with Gasteiger partial charge in [0.25, 0.3) is 0 Å². The third kappa shape index (κ3) is 3.31. The van der Waals surface area contributed by atoms with Crippen molar-refractivity contribution < 1.29 is 9.13 Å². The van der Waals surface area contributed by atoms with Crippen LogP contribution in [0.15, 0.2) is 65.8 Å². The van der Waals surface area contributed by atoms with E-state index in [0.29, 0.717) is 5.56 Å². The number of aryl methyl sites for hydroxylation is 1. The minimum atomic E-state index is -0.217. The molecule has 1 heterocycles. The lowest BCUT2D eigenvalue weighted by Crippen LogP contribution is -1.97. The highest BCUT2D eigenvalue weighted by Crippen LogP contribution is 2.19. The van der Waals surface area contributed by atoms with Crippen molar-refractivity contribution in [1.29, 1.82) is 0 Å².